The lowest BCUT2D eigenvalue weighted by atomic mass is 10.1. The molecule has 1 saturated heterocycles. The van der Waals surface area contributed by atoms with Gasteiger partial charge in [-0.2, -0.15) is 0 Å². The second-order valence-electron chi connectivity index (χ2n) is 4.37. The van der Waals surface area contributed by atoms with Crippen LogP contribution in [0.2, 0.25) is 0 Å². The van der Waals surface area contributed by atoms with Crippen molar-refractivity contribution >= 4 is 29.6 Å². The molecule has 1 unspecified atom stereocenters. The minimum absolute atomic E-state index is 0.0223. The molecule has 0 radical (unpaired) electrons. The molecule has 1 aliphatic heterocycles. The van der Waals surface area contributed by atoms with Crippen LogP contribution >= 0.6 is 11.8 Å². The first kappa shape index (κ1) is 15.8. The van der Waals surface area contributed by atoms with Gasteiger partial charge in [0, 0.05) is 6.42 Å². The van der Waals surface area contributed by atoms with Crippen molar-refractivity contribution in [1.29, 1.82) is 0 Å². The number of nitrogens with one attached hydrogen (secondary N) is 1. The highest BCUT2D eigenvalue weighted by atomic mass is 32.2. The largest absolute Gasteiger partial charge is 0.480 e. The van der Waals surface area contributed by atoms with Crippen LogP contribution < -0.4 is 5.32 Å². The van der Waals surface area contributed by atoms with E-state index in [-0.39, 0.29) is 24.0 Å². The van der Waals surface area contributed by atoms with Gasteiger partial charge in [-0.1, -0.05) is 6.42 Å². The summed E-state index contributed by atoms with van der Waals surface area (Å²) in [6.07, 6.45) is 2.89. The van der Waals surface area contributed by atoms with Crippen LogP contribution in [0.5, 0.6) is 0 Å². The van der Waals surface area contributed by atoms with E-state index in [9.17, 15) is 14.4 Å². The van der Waals surface area contributed by atoms with Gasteiger partial charge in [-0.25, -0.2) is 4.79 Å². The van der Waals surface area contributed by atoms with E-state index in [0.29, 0.717) is 0 Å². The summed E-state index contributed by atoms with van der Waals surface area (Å²) in [5, 5.41) is 11.4. The normalized spacial score (nSPS) is 20.4. The molecule has 1 aliphatic rings. The summed E-state index contributed by atoms with van der Waals surface area (Å²) in [6, 6.07) is -1.03. The van der Waals surface area contributed by atoms with Crippen LogP contribution in [0, 0.1) is 0 Å². The molecule has 1 heterocycles. The molecule has 0 aliphatic carbocycles. The standard InChI is InChI=1S/C12H19NO5S/c1-18-10(14)6-5-8(12(16)17)13-11(15)9-4-2-3-7-19-9/h8-9H,2-7H2,1H3,(H,13,15)(H,16,17)/t8-,9?/m0/s1. The van der Waals surface area contributed by atoms with Crippen molar-refractivity contribution in [1.82, 2.24) is 5.32 Å². The molecule has 0 saturated carbocycles. The van der Waals surface area contributed by atoms with Crippen molar-refractivity contribution < 1.29 is 24.2 Å². The van der Waals surface area contributed by atoms with E-state index in [1.165, 1.54) is 7.11 Å². The van der Waals surface area contributed by atoms with Crippen LogP contribution in [0.4, 0.5) is 0 Å². The number of hydrogen-bond acceptors (Lipinski definition) is 5. The van der Waals surface area contributed by atoms with Gasteiger partial charge < -0.3 is 15.2 Å². The van der Waals surface area contributed by atoms with E-state index in [1.54, 1.807) is 11.8 Å². The van der Waals surface area contributed by atoms with Crippen molar-refractivity contribution in [2.24, 2.45) is 0 Å². The van der Waals surface area contributed by atoms with Crippen molar-refractivity contribution in [3.8, 4) is 0 Å². The molecule has 0 bridgehead atoms. The lowest BCUT2D eigenvalue weighted by Crippen LogP contribution is -2.45. The van der Waals surface area contributed by atoms with E-state index in [1.807, 2.05) is 0 Å². The van der Waals surface area contributed by atoms with Gasteiger partial charge in [-0.3, -0.25) is 9.59 Å². The topological polar surface area (TPSA) is 92.7 Å². The molecule has 1 fully saturated rings. The van der Waals surface area contributed by atoms with Gasteiger partial charge in [0.2, 0.25) is 5.91 Å². The van der Waals surface area contributed by atoms with Crippen molar-refractivity contribution in [2.75, 3.05) is 12.9 Å². The Hall–Kier alpha value is -1.24. The summed E-state index contributed by atoms with van der Waals surface area (Å²) >= 11 is 1.56. The Bertz CT molecular complexity index is 341. The fourth-order valence-corrected chi connectivity index (χ4v) is 3.04. The number of methoxy groups -OCH3 is 1. The predicted molar refractivity (Wildman–Crippen MR) is 70.9 cm³/mol. The third-order valence-electron chi connectivity index (χ3n) is 2.95. The van der Waals surface area contributed by atoms with Gasteiger partial charge in [0.25, 0.3) is 0 Å². The molecular weight excluding hydrogens is 270 g/mol. The smallest absolute Gasteiger partial charge is 0.326 e. The van der Waals surface area contributed by atoms with E-state index >= 15 is 0 Å². The fraction of sp³-hybridized carbons (Fsp3) is 0.750. The maximum Gasteiger partial charge on any atom is 0.326 e. The fourth-order valence-electron chi connectivity index (χ4n) is 1.83. The van der Waals surface area contributed by atoms with Crippen molar-refractivity contribution in [3.63, 3.8) is 0 Å². The Kier molecular flexibility index (Phi) is 6.69. The molecule has 0 aromatic heterocycles. The van der Waals surface area contributed by atoms with Gasteiger partial charge >= 0.3 is 11.9 Å². The number of ether oxygens (including phenoxy) is 1. The summed E-state index contributed by atoms with van der Waals surface area (Å²) in [4.78, 5) is 34.0. The highest BCUT2D eigenvalue weighted by Crippen LogP contribution is 2.25. The van der Waals surface area contributed by atoms with Gasteiger partial charge in [-0.15, -0.1) is 11.8 Å². The molecule has 6 nitrogen and oxygen atoms in total. The van der Waals surface area contributed by atoms with Crippen molar-refractivity contribution in [3.05, 3.63) is 0 Å². The Balaban J connectivity index is 2.45. The van der Waals surface area contributed by atoms with Gasteiger partial charge in [0.1, 0.15) is 6.04 Å². The highest BCUT2D eigenvalue weighted by Gasteiger charge is 2.27. The average Bonchev–Trinajstić information content (AvgIpc) is 2.43. The number of thioether (sulfide) groups is 1. The average molecular weight is 289 g/mol. The van der Waals surface area contributed by atoms with Crippen LogP contribution in [-0.4, -0.2) is 47.1 Å². The second kappa shape index (κ2) is 8.04. The molecule has 19 heavy (non-hydrogen) atoms. The monoisotopic (exact) mass is 289 g/mol. The number of carboxylic acid groups (broad SMARTS) is 1. The first-order valence-corrected chi connectivity index (χ1v) is 7.31. The number of carboxylic acids is 1. The van der Waals surface area contributed by atoms with Gasteiger partial charge in [0.05, 0.1) is 12.4 Å². The lowest BCUT2D eigenvalue weighted by Gasteiger charge is -2.22. The number of carbonyl (C=O) groups excluding carboxylic acids is 2. The third kappa shape index (κ3) is 5.50. The maximum absolute atomic E-state index is 11.9. The molecule has 0 spiro atoms. The summed E-state index contributed by atoms with van der Waals surface area (Å²) in [5.41, 5.74) is 0. The minimum atomic E-state index is -1.13. The molecule has 108 valence electrons. The molecule has 0 aromatic rings. The molecule has 2 atom stereocenters. The van der Waals surface area contributed by atoms with Crippen LogP contribution in [0.25, 0.3) is 0 Å². The second-order valence-corrected chi connectivity index (χ2v) is 5.68. The molecular formula is C12H19NO5S. The van der Waals surface area contributed by atoms with E-state index in [2.05, 4.69) is 10.1 Å². The number of aliphatic carboxylic acids is 1. The zero-order chi connectivity index (χ0) is 14.3. The summed E-state index contributed by atoms with van der Waals surface area (Å²) < 4.78 is 4.45. The summed E-state index contributed by atoms with van der Waals surface area (Å²) in [6.45, 7) is 0. The summed E-state index contributed by atoms with van der Waals surface area (Å²) in [5.74, 6) is -0.926. The molecule has 0 aromatic carbocycles. The molecule has 1 rings (SSSR count). The first-order valence-electron chi connectivity index (χ1n) is 6.26. The summed E-state index contributed by atoms with van der Waals surface area (Å²) in [7, 11) is 1.25. The van der Waals surface area contributed by atoms with Gasteiger partial charge in [0.15, 0.2) is 0 Å². The van der Waals surface area contributed by atoms with E-state index < -0.39 is 18.0 Å². The molecule has 7 heteroatoms. The Labute approximate surface area is 116 Å². The first-order chi connectivity index (χ1) is 9.04. The van der Waals surface area contributed by atoms with E-state index in [0.717, 1.165) is 25.0 Å². The highest BCUT2D eigenvalue weighted by molar-refractivity contribution is 8.00. The van der Waals surface area contributed by atoms with Crippen LogP contribution in [0.3, 0.4) is 0 Å². The van der Waals surface area contributed by atoms with E-state index in [4.69, 9.17) is 5.11 Å². The number of amides is 1. The zero-order valence-corrected chi connectivity index (χ0v) is 11.7. The van der Waals surface area contributed by atoms with Crippen molar-refractivity contribution in [2.45, 2.75) is 43.4 Å². The minimum Gasteiger partial charge on any atom is -0.480 e. The van der Waals surface area contributed by atoms with Crippen LogP contribution in [0.15, 0.2) is 0 Å². The number of esters is 1. The SMILES string of the molecule is COC(=O)CC[C@H](NC(=O)C1CCCCS1)C(=O)O. The van der Waals surface area contributed by atoms with Gasteiger partial charge in [-0.05, 0) is 25.0 Å². The number of rotatable bonds is 6. The molecule has 2 N–H and O–H groups in total. The Morgan fingerprint density at radius 2 is 2.16 bits per heavy atom. The Morgan fingerprint density at radius 1 is 1.42 bits per heavy atom. The number of hydrogen-bond donors (Lipinski definition) is 2. The Morgan fingerprint density at radius 3 is 2.68 bits per heavy atom. The quantitative estimate of drug-likeness (QED) is 0.702. The van der Waals surface area contributed by atoms with Crippen LogP contribution in [-0.2, 0) is 19.1 Å². The maximum atomic E-state index is 11.9. The third-order valence-corrected chi connectivity index (χ3v) is 4.33. The zero-order valence-electron chi connectivity index (χ0n) is 10.9. The lowest BCUT2D eigenvalue weighted by molar-refractivity contribution is -0.144. The predicted octanol–water partition coefficient (Wildman–Crippen LogP) is 0.795. The van der Waals surface area contributed by atoms with Crippen LogP contribution in [0.1, 0.15) is 32.1 Å². The number of carbonyl (C=O) groups is 3. The molecule has 1 amide bonds.